The van der Waals surface area contributed by atoms with Gasteiger partial charge in [0.25, 0.3) is 0 Å². The lowest BCUT2D eigenvalue weighted by Gasteiger charge is -2.34. The van der Waals surface area contributed by atoms with Gasteiger partial charge >= 0.3 is 0 Å². The number of nitrogens with two attached hydrogens (primary N) is 1. The summed E-state index contributed by atoms with van der Waals surface area (Å²) in [6.07, 6.45) is 5.77. The zero-order chi connectivity index (χ0) is 13.8. The third-order valence-electron chi connectivity index (χ3n) is 4.38. The molecule has 1 aliphatic heterocycles. The van der Waals surface area contributed by atoms with E-state index >= 15 is 0 Å². The SMILES string of the molecule is CCC(C)n1ccc(CN2CCCC(C(C)N)C2)n1. The van der Waals surface area contributed by atoms with E-state index in [4.69, 9.17) is 5.73 Å². The van der Waals surface area contributed by atoms with Crippen LogP contribution in [0.3, 0.4) is 0 Å². The number of nitrogens with zero attached hydrogens (tertiary/aromatic N) is 3. The van der Waals surface area contributed by atoms with E-state index in [1.165, 1.54) is 25.1 Å². The fourth-order valence-corrected chi connectivity index (χ4v) is 2.79. The van der Waals surface area contributed by atoms with E-state index in [2.05, 4.69) is 47.7 Å². The van der Waals surface area contributed by atoms with Gasteiger partial charge in [0.15, 0.2) is 0 Å². The predicted octanol–water partition coefficient (Wildman–Crippen LogP) is 2.41. The molecule has 3 atom stereocenters. The highest BCUT2D eigenvalue weighted by molar-refractivity contribution is 5.00. The first-order valence-electron chi connectivity index (χ1n) is 7.62. The molecule has 108 valence electrons. The molecule has 1 saturated heterocycles. The summed E-state index contributed by atoms with van der Waals surface area (Å²) < 4.78 is 2.09. The zero-order valence-corrected chi connectivity index (χ0v) is 12.5. The van der Waals surface area contributed by atoms with Crippen LogP contribution in [-0.4, -0.2) is 33.8 Å². The molecular weight excluding hydrogens is 236 g/mol. The van der Waals surface area contributed by atoms with Gasteiger partial charge in [-0.2, -0.15) is 5.10 Å². The summed E-state index contributed by atoms with van der Waals surface area (Å²) >= 11 is 0. The maximum absolute atomic E-state index is 6.04. The molecule has 0 amide bonds. The Hall–Kier alpha value is -0.870. The van der Waals surface area contributed by atoms with E-state index in [0.29, 0.717) is 18.0 Å². The first kappa shape index (κ1) is 14.5. The zero-order valence-electron chi connectivity index (χ0n) is 12.5. The largest absolute Gasteiger partial charge is 0.328 e. The number of piperidine rings is 1. The summed E-state index contributed by atoms with van der Waals surface area (Å²) in [6, 6.07) is 2.95. The molecule has 0 radical (unpaired) electrons. The number of hydrogen-bond acceptors (Lipinski definition) is 3. The van der Waals surface area contributed by atoms with Gasteiger partial charge in [-0.25, -0.2) is 0 Å². The van der Waals surface area contributed by atoms with Crippen molar-refractivity contribution in [1.82, 2.24) is 14.7 Å². The van der Waals surface area contributed by atoms with Crippen LogP contribution in [0.15, 0.2) is 12.3 Å². The van der Waals surface area contributed by atoms with Crippen molar-refractivity contribution >= 4 is 0 Å². The quantitative estimate of drug-likeness (QED) is 0.888. The van der Waals surface area contributed by atoms with Crippen LogP contribution in [0.2, 0.25) is 0 Å². The van der Waals surface area contributed by atoms with Crippen molar-refractivity contribution in [3.8, 4) is 0 Å². The molecule has 3 unspecified atom stereocenters. The smallest absolute Gasteiger partial charge is 0.0764 e. The van der Waals surface area contributed by atoms with Gasteiger partial charge < -0.3 is 5.73 Å². The highest BCUT2D eigenvalue weighted by Crippen LogP contribution is 2.20. The minimum Gasteiger partial charge on any atom is -0.328 e. The fraction of sp³-hybridized carbons (Fsp3) is 0.800. The van der Waals surface area contributed by atoms with Gasteiger partial charge in [-0.1, -0.05) is 6.92 Å². The number of likely N-dealkylation sites (tertiary alicyclic amines) is 1. The molecule has 19 heavy (non-hydrogen) atoms. The highest BCUT2D eigenvalue weighted by Gasteiger charge is 2.23. The summed E-state index contributed by atoms with van der Waals surface area (Å²) in [4.78, 5) is 2.50. The van der Waals surface area contributed by atoms with E-state index in [1.807, 2.05) is 0 Å². The van der Waals surface area contributed by atoms with E-state index < -0.39 is 0 Å². The third kappa shape index (κ3) is 3.80. The molecule has 1 aromatic heterocycles. The second-order valence-corrected chi connectivity index (χ2v) is 6.04. The second kappa shape index (κ2) is 6.53. The van der Waals surface area contributed by atoms with Gasteiger partial charge in [-0.15, -0.1) is 0 Å². The van der Waals surface area contributed by atoms with Crippen molar-refractivity contribution < 1.29 is 0 Å². The minimum atomic E-state index is 0.306. The normalized spacial score (nSPS) is 24.3. The Morgan fingerprint density at radius 2 is 2.26 bits per heavy atom. The Kier molecular flexibility index (Phi) is 4.99. The summed E-state index contributed by atoms with van der Waals surface area (Å²) in [5.41, 5.74) is 7.22. The van der Waals surface area contributed by atoms with Gasteiger partial charge in [-0.3, -0.25) is 9.58 Å². The Labute approximate surface area is 117 Å². The molecule has 1 fully saturated rings. The van der Waals surface area contributed by atoms with Crippen LogP contribution in [-0.2, 0) is 6.54 Å². The van der Waals surface area contributed by atoms with Crippen molar-refractivity contribution in [2.75, 3.05) is 13.1 Å². The van der Waals surface area contributed by atoms with Crippen LogP contribution in [0.25, 0.3) is 0 Å². The van der Waals surface area contributed by atoms with E-state index in [1.54, 1.807) is 0 Å². The lowest BCUT2D eigenvalue weighted by atomic mass is 9.92. The highest BCUT2D eigenvalue weighted by atomic mass is 15.3. The van der Waals surface area contributed by atoms with Crippen molar-refractivity contribution in [3.63, 3.8) is 0 Å². The lowest BCUT2D eigenvalue weighted by molar-refractivity contribution is 0.152. The molecule has 4 heteroatoms. The maximum Gasteiger partial charge on any atom is 0.0764 e. The van der Waals surface area contributed by atoms with E-state index in [9.17, 15) is 0 Å². The Morgan fingerprint density at radius 1 is 1.47 bits per heavy atom. The molecular formula is C15H28N4. The molecule has 2 rings (SSSR count). The lowest BCUT2D eigenvalue weighted by Crippen LogP contribution is -2.42. The predicted molar refractivity (Wildman–Crippen MR) is 78.9 cm³/mol. The van der Waals surface area contributed by atoms with Crippen LogP contribution in [0.4, 0.5) is 0 Å². The molecule has 0 spiro atoms. The average Bonchev–Trinajstić information content (AvgIpc) is 2.86. The van der Waals surface area contributed by atoms with Gasteiger partial charge in [0.1, 0.15) is 0 Å². The topological polar surface area (TPSA) is 47.1 Å². The second-order valence-electron chi connectivity index (χ2n) is 6.04. The molecule has 1 aromatic rings. The van der Waals surface area contributed by atoms with Crippen molar-refractivity contribution in [3.05, 3.63) is 18.0 Å². The van der Waals surface area contributed by atoms with E-state index in [-0.39, 0.29) is 0 Å². The first-order chi connectivity index (χ1) is 9.10. The van der Waals surface area contributed by atoms with Crippen LogP contribution in [0.1, 0.15) is 51.8 Å². The summed E-state index contributed by atoms with van der Waals surface area (Å²) in [5, 5.41) is 4.69. The molecule has 4 nitrogen and oxygen atoms in total. The minimum absolute atomic E-state index is 0.306. The van der Waals surface area contributed by atoms with E-state index in [0.717, 1.165) is 19.5 Å². The molecule has 0 saturated carbocycles. The summed E-state index contributed by atoms with van der Waals surface area (Å²) in [5.74, 6) is 0.644. The first-order valence-corrected chi connectivity index (χ1v) is 7.62. The number of aromatic nitrogens is 2. The Bertz CT molecular complexity index is 385. The van der Waals surface area contributed by atoms with Crippen LogP contribution < -0.4 is 5.73 Å². The number of rotatable bonds is 5. The fourth-order valence-electron chi connectivity index (χ4n) is 2.79. The summed E-state index contributed by atoms with van der Waals surface area (Å²) in [7, 11) is 0. The monoisotopic (exact) mass is 264 g/mol. The third-order valence-corrected chi connectivity index (χ3v) is 4.38. The van der Waals surface area contributed by atoms with Crippen molar-refractivity contribution in [2.45, 2.75) is 58.7 Å². The average molecular weight is 264 g/mol. The van der Waals surface area contributed by atoms with Gasteiger partial charge in [-0.05, 0) is 51.6 Å². The molecule has 2 N–H and O–H groups in total. The molecule has 0 aliphatic carbocycles. The molecule has 1 aliphatic rings. The Balaban J connectivity index is 1.91. The van der Waals surface area contributed by atoms with Crippen molar-refractivity contribution in [2.24, 2.45) is 11.7 Å². The maximum atomic E-state index is 6.04. The number of hydrogen-bond donors (Lipinski definition) is 1. The van der Waals surface area contributed by atoms with Crippen LogP contribution >= 0.6 is 0 Å². The van der Waals surface area contributed by atoms with Crippen LogP contribution in [0, 0.1) is 5.92 Å². The standard InChI is InChI=1S/C15H28N4/c1-4-12(2)19-9-7-15(17-19)11-18-8-5-6-14(10-18)13(3)16/h7,9,12-14H,4-6,8,10-11,16H2,1-3H3. The molecule has 0 aromatic carbocycles. The summed E-state index contributed by atoms with van der Waals surface area (Å²) in [6.45, 7) is 9.80. The van der Waals surface area contributed by atoms with Gasteiger partial charge in [0.2, 0.25) is 0 Å². The van der Waals surface area contributed by atoms with Crippen LogP contribution in [0.5, 0.6) is 0 Å². The molecule has 0 bridgehead atoms. The Morgan fingerprint density at radius 3 is 2.95 bits per heavy atom. The van der Waals surface area contributed by atoms with Gasteiger partial charge in [0, 0.05) is 31.4 Å². The van der Waals surface area contributed by atoms with Gasteiger partial charge in [0.05, 0.1) is 5.69 Å². The molecule has 2 heterocycles. The van der Waals surface area contributed by atoms with Crippen molar-refractivity contribution in [1.29, 1.82) is 0 Å².